The monoisotopic (exact) mass is 361 g/mol. The third kappa shape index (κ3) is 5.83. The molecule has 0 aliphatic carbocycles. The van der Waals surface area contributed by atoms with E-state index in [0.717, 1.165) is 45.0 Å². The first-order chi connectivity index (χ1) is 11.8. The number of nitrogens with zero attached hydrogens (tertiary/aromatic N) is 3. The van der Waals surface area contributed by atoms with E-state index in [1.165, 1.54) is 6.07 Å². The summed E-state index contributed by atoms with van der Waals surface area (Å²) in [5, 5.41) is 18.0. The molecule has 3 heterocycles. The van der Waals surface area contributed by atoms with Crippen molar-refractivity contribution in [3.8, 4) is 0 Å². The minimum atomic E-state index is -4.35. The zero-order valence-electron chi connectivity index (χ0n) is 14.4. The summed E-state index contributed by atoms with van der Waals surface area (Å²) in [6.07, 6.45) is -0.945. The van der Waals surface area contributed by atoms with Crippen LogP contribution >= 0.6 is 0 Å². The quantitative estimate of drug-likeness (QED) is 0.845. The lowest BCUT2D eigenvalue weighted by Crippen LogP contribution is -2.43. The van der Waals surface area contributed by atoms with Crippen LogP contribution in [0.25, 0.3) is 0 Å². The average molecular weight is 361 g/mol. The molecule has 25 heavy (non-hydrogen) atoms. The van der Waals surface area contributed by atoms with Crippen LogP contribution in [0.3, 0.4) is 0 Å². The summed E-state index contributed by atoms with van der Waals surface area (Å²) in [6, 6.07) is 4.20. The Morgan fingerprint density at radius 3 is 2.44 bits per heavy atom. The van der Waals surface area contributed by atoms with Crippen LogP contribution in [-0.4, -0.2) is 65.5 Å². The predicted molar refractivity (Wildman–Crippen MR) is 89.4 cm³/mol. The molecule has 0 amide bonds. The standard InChI is InChI=1S/C10H11F3N2.C7H15NO2/c11-10(12,13)8-4-3-5-9(14-8)15-6-1-2-7-15;1-8-3-2-7(10)4-6(8)5-9/h3-5H,1-2,6-7H2;6-7,9-10H,2-5H2,1H3. The molecule has 1 aromatic heterocycles. The number of rotatable bonds is 2. The van der Waals surface area contributed by atoms with Gasteiger partial charge in [-0.25, -0.2) is 4.98 Å². The highest BCUT2D eigenvalue weighted by Crippen LogP contribution is 2.29. The molecule has 2 aliphatic heterocycles. The van der Waals surface area contributed by atoms with E-state index in [1.54, 1.807) is 6.07 Å². The van der Waals surface area contributed by atoms with Crippen molar-refractivity contribution in [3.05, 3.63) is 23.9 Å². The maximum atomic E-state index is 12.4. The highest BCUT2D eigenvalue weighted by molar-refractivity contribution is 5.40. The molecule has 8 heteroatoms. The highest BCUT2D eigenvalue weighted by Gasteiger charge is 2.33. The Bertz CT molecular complexity index is 536. The van der Waals surface area contributed by atoms with Gasteiger partial charge in [-0.2, -0.15) is 13.2 Å². The van der Waals surface area contributed by atoms with Crippen molar-refractivity contribution in [3.63, 3.8) is 0 Å². The second-order valence-electron chi connectivity index (χ2n) is 6.57. The second-order valence-corrected chi connectivity index (χ2v) is 6.57. The first-order valence-electron chi connectivity index (χ1n) is 8.59. The Kier molecular flexibility index (Phi) is 7.04. The molecule has 142 valence electrons. The van der Waals surface area contributed by atoms with Crippen LogP contribution in [-0.2, 0) is 6.18 Å². The van der Waals surface area contributed by atoms with E-state index in [2.05, 4.69) is 9.88 Å². The number of anilines is 1. The Morgan fingerprint density at radius 2 is 1.88 bits per heavy atom. The highest BCUT2D eigenvalue weighted by atomic mass is 19.4. The van der Waals surface area contributed by atoms with Crippen LogP contribution < -0.4 is 4.90 Å². The minimum Gasteiger partial charge on any atom is -0.395 e. The van der Waals surface area contributed by atoms with E-state index < -0.39 is 11.9 Å². The van der Waals surface area contributed by atoms with Gasteiger partial charge in [0.2, 0.25) is 0 Å². The lowest BCUT2D eigenvalue weighted by molar-refractivity contribution is -0.141. The van der Waals surface area contributed by atoms with Gasteiger partial charge in [0.25, 0.3) is 0 Å². The van der Waals surface area contributed by atoms with E-state index in [1.807, 2.05) is 11.9 Å². The van der Waals surface area contributed by atoms with Gasteiger partial charge in [0.1, 0.15) is 11.5 Å². The maximum Gasteiger partial charge on any atom is 0.433 e. The summed E-state index contributed by atoms with van der Waals surface area (Å²) in [7, 11) is 1.98. The Balaban J connectivity index is 0.000000196. The largest absolute Gasteiger partial charge is 0.433 e. The average Bonchev–Trinajstić information content (AvgIpc) is 3.11. The van der Waals surface area contributed by atoms with Gasteiger partial charge in [0.05, 0.1) is 12.7 Å². The maximum absolute atomic E-state index is 12.4. The van der Waals surface area contributed by atoms with Gasteiger partial charge in [-0.3, -0.25) is 0 Å². The van der Waals surface area contributed by atoms with E-state index >= 15 is 0 Å². The lowest BCUT2D eigenvalue weighted by atomic mass is 10.0. The van der Waals surface area contributed by atoms with Gasteiger partial charge >= 0.3 is 6.18 Å². The third-order valence-corrected chi connectivity index (χ3v) is 4.65. The molecular formula is C17H26F3N3O2. The van der Waals surface area contributed by atoms with Crippen molar-refractivity contribution >= 4 is 5.82 Å². The van der Waals surface area contributed by atoms with E-state index in [0.29, 0.717) is 12.2 Å². The molecule has 0 radical (unpaired) electrons. The van der Waals surface area contributed by atoms with E-state index in [9.17, 15) is 18.3 Å². The number of aliphatic hydroxyl groups is 2. The number of alkyl halides is 3. The molecule has 2 aliphatic rings. The number of piperidine rings is 1. The molecule has 5 nitrogen and oxygen atoms in total. The molecule has 2 unspecified atom stereocenters. The molecule has 2 fully saturated rings. The first kappa shape index (κ1) is 19.9. The fraction of sp³-hybridized carbons (Fsp3) is 0.706. The number of halogens is 3. The van der Waals surface area contributed by atoms with Crippen LogP contribution in [0, 0.1) is 0 Å². The molecule has 0 aromatic carbocycles. The molecule has 0 saturated carbocycles. The van der Waals surface area contributed by atoms with Crippen molar-refractivity contribution in [1.29, 1.82) is 0 Å². The van der Waals surface area contributed by atoms with Crippen molar-refractivity contribution in [2.45, 2.75) is 44.0 Å². The van der Waals surface area contributed by atoms with Crippen LogP contribution in [0.4, 0.5) is 19.0 Å². The molecule has 0 spiro atoms. The first-order valence-corrected chi connectivity index (χ1v) is 8.59. The third-order valence-electron chi connectivity index (χ3n) is 4.65. The van der Waals surface area contributed by atoms with Crippen LogP contribution in [0.5, 0.6) is 0 Å². The van der Waals surface area contributed by atoms with Gasteiger partial charge in [-0.05, 0) is 44.9 Å². The number of hydrogen-bond acceptors (Lipinski definition) is 5. The Labute approximate surface area is 146 Å². The summed E-state index contributed by atoms with van der Waals surface area (Å²) >= 11 is 0. The molecule has 3 rings (SSSR count). The summed E-state index contributed by atoms with van der Waals surface area (Å²) in [6.45, 7) is 2.66. The topological polar surface area (TPSA) is 59.8 Å². The van der Waals surface area contributed by atoms with E-state index in [-0.39, 0.29) is 18.8 Å². The van der Waals surface area contributed by atoms with Gasteiger partial charge in [0.15, 0.2) is 0 Å². The van der Waals surface area contributed by atoms with Gasteiger partial charge in [0, 0.05) is 25.7 Å². The number of likely N-dealkylation sites (N-methyl/N-ethyl adjacent to an activating group) is 1. The number of likely N-dealkylation sites (tertiary alicyclic amines) is 1. The SMILES string of the molecule is CN1CCC(O)CC1CO.FC(F)(F)c1cccc(N2CCCC2)n1. The number of aliphatic hydroxyl groups excluding tert-OH is 2. The van der Waals surface area contributed by atoms with E-state index in [4.69, 9.17) is 5.11 Å². The molecule has 2 N–H and O–H groups in total. The molecule has 2 saturated heterocycles. The van der Waals surface area contributed by atoms with Gasteiger partial charge < -0.3 is 20.0 Å². The number of hydrogen-bond donors (Lipinski definition) is 2. The van der Waals surface area contributed by atoms with Crippen LogP contribution in [0.2, 0.25) is 0 Å². The Hall–Kier alpha value is -1.38. The molecule has 0 bridgehead atoms. The fourth-order valence-corrected chi connectivity index (χ4v) is 3.06. The smallest absolute Gasteiger partial charge is 0.395 e. The molecule has 2 atom stereocenters. The van der Waals surface area contributed by atoms with Crippen LogP contribution in [0.15, 0.2) is 18.2 Å². The Morgan fingerprint density at radius 1 is 1.20 bits per heavy atom. The summed E-state index contributed by atoms with van der Waals surface area (Å²) in [5.41, 5.74) is -0.813. The lowest BCUT2D eigenvalue weighted by Gasteiger charge is -2.33. The molecular weight excluding hydrogens is 335 g/mol. The van der Waals surface area contributed by atoms with Crippen molar-refractivity contribution in [2.24, 2.45) is 0 Å². The normalized spacial score (nSPS) is 24.8. The second kappa shape index (κ2) is 8.82. The van der Waals surface area contributed by atoms with Crippen molar-refractivity contribution < 1.29 is 23.4 Å². The van der Waals surface area contributed by atoms with Crippen molar-refractivity contribution in [1.82, 2.24) is 9.88 Å². The predicted octanol–water partition coefficient (Wildman–Crippen LogP) is 2.13. The summed E-state index contributed by atoms with van der Waals surface area (Å²) in [5.74, 6) is 0.433. The number of pyridine rings is 1. The number of aromatic nitrogens is 1. The van der Waals surface area contributed by atoms with Gasteiger partial charge in [-0.1, -0.05) is 6.07 Å². The van der Waals surface area contributed by atoms with Gasteiger partial charge in [-0.15, -0.1) is 0 Å². The van der Waals surface area contributed by atoms with Crippen LogP contribution in [0.1, 0.15) is 31.4 Å². The summed E-state index contributed by atoms with van der Waals surface area (Å²) < 4.78 is 37.1. The zero-order valence-corrected chi connectivity index (χ0v) is 14.4. The van der Waals surface area contributed by atoms with Crippen molar-refractivity contribution in [2.75, 3.05) is 38.2 Å². The molecule has 1 aromatic rings. The summed E-state index contributed by atoms with van der Waals surface area (Å²) in [4.78, 5) is 7.60. The fourth-order valence-electron chi connectivity index (χ4n) is 3.06. The zero-order chi connectivity index (χ0) is 18.4. The minimum absolute atomic E-state index is 0.160.